The van der Waals surface area contributed by atoms with Crippen LogP contribution in [-0.2, 0) is 20.0 Å². The van der Waals surface area contributed by atoms with E-state index in [1.54, 1.807) is 13.8 Å². The first-order valence-electron chi connectivity index (χ1n) is 7.21. The number of carbonyl (C=O) groups is 1. The molecule has 1 aromatic carbocycles. The summed E-state index contributed by atoms with van der Waals surface area (Å²) in [5, 5.41) is 2.78. The molecule has 1 amide bonds. The molecule has 1 N–H and O–H groups in total. The van der Waals surface area contributed by atoms with Crippen LogP contribution < -0.4 is 5.32 Å². The van der Waals surface area contributed by atoms with Crippen LogP contribution in [0.1, 0.15) is 39.7 Å². The zero-order valence-electron chi connectivity index (χ0n) is 13.2. The van der Waals surface area contributed by atoms with Gasteiger partial charge in [-0.15, -0.1) is 0 Å². The smallest absolute Gasteiger partial charge is 0.221 e. The minimum absolute atomic E-state index is 0.0129. The van der Waals surface area contributed by atoms with Gasteiger partial charge in [0.2, 0.25) is 5.91 Å². The fraction of sp³-hybridized carbons (Fsp3) is 0.562. The molecule has 0 aliphatic carbocycles. The van der Waals surface area contributed by atoms with Crippen LogP contribution in [0.3, 0.4) is 0 Å². The molecule has 0 radical (unpaired) electrons. The molecule has 4 nitrogen and oxygen atoms in total. The zero-order valence-corrected chi connectivity index (χ0v) is 14.0. The predicted molar refractivity (Wildman–Crippen MR) is 86.0 cm³/mol. The van der Waals surface area contributed by atoms with Crippen molar-refractivity contribution < 1.29 is 13.2 Å². The molecule has 1 atom stereocenters. The van der Waals surface area contributed by atoms with E-state index in [-0.39, 0.29) is 28.9 Å². The fourth-order valence-corrected chi connectivity index (χ4v) is 3.34. The van der Waals surface area contributed by atoms with Crippen molar-refractivity contribution in [2.45, 2.75) is 45.6 Å². The highest BCUT2D eigenvalue weighted by atomic mass is 32.2. The molecule has 0 aliphatic rings. The largest absolute Gasteiger partial charge is 0.353 e. The van der Waals surface area contributed by atoms with Crippen LogP contribution in [0, 0.1) is 0 Å². The Morgan fingerprint density at radius 2 is 1.81 bits per heavy atom. The van der Waals surface area contributed by atoms with Gasteiger partial charge in [-0.25, -0.2) is 8.42 Å². The van der Waals surface area contributed by atoms with Crippen LogP contribution in [0.5, 0.6) is 0 Å². The summed E-state index contributed by atoms with van der Waals surface area (Å²) in [6, 6.07) is 9.47. The third kappa shape index (κ3) is 5.87. The average molecular weight is 311 g/mol. The summed E-state index contributed by atoms with van der Waals surface area (Å²) in [4.78, 5) is 12.1. The van der Waals surface area contributed by atoms with E-state index in [1.165, 1.54) is 0 Å². The molecule has 0 saturated carbocycles. The lowest BCUT2D eigenvalue weighted by Gasteiger charge is -2.25. The highest BCUT2D eigenvalue weighted by Crippen LogP contribution is 2.26. The monoisotopic (exact) mass is 311 g/mol. The number of hydrogen-bond donors (Lipinski definition) is 1. The molecule has 5 heteroatoms. The van der Waals surface area contributed by atoms with Gasteiger partial charge in [0.1, 0.15) is 0 Å². The van der Waals surface area contributed by atoms with Crippen molar-refractivity contribution in [3.8, 4) is 0 Å². The van der Waals surface area contributed by atoms with Crippen molar-refractivity contribution in [1.82, 2.24) is 5.32 Å². The lowest BCUT2D eigenvalue weighted by molar-refractivity contribution is -0.122. The first-order chi connectivity index (χ1) is 9.66. The van der Waals surface area contributed by atoms with Crippen LogP contribution in [0.4, 0.5) is 0 Å². The van der Waals surface area contributed by atoms with Crippen molar-refractivity contribution in [2.24, 2.45) is 0 Å². The molecule has 0 fully saturated rings. The fourth-order valence-electron chi connectivity index (χ4n) is 2.26. The summed E-state index contributed by atoms with van der Waals surface area (Å²) in [5.41, 5.74) is 0.809. The number of nitrogens with one attached hydrogen (secondary N) is 1. The second-order valence-corrected chi connectivity index (χ2v) is 8.49. The van der Waals surface area contributed by atoms with Gasteiger partial charge in [0.15, 0.2) is 9.84 Å². The lowest BCUT2D eigenvalue weighted by atomic mass is 9.81. The summed E-state index contributed by atoms with van der Waals surface area (Å²) in [6.45, 7) is 7.35. The Hall–Kier alpha value is -1.36. The number of carbonyl (C=O) groups excluding carboxylic acids is 1. The van der Waals surface area contributed by atoms with Crippen LogP contribution in [-0.4, -0.2) is 31.9 Å². The van der Waals surface area contributed by atoms with E-state index in [1.807, 2.05) is 44.2 Å². The van der Waals surface area contributed by atoms with Crippen molar-refractivity contribution in [1.29, 1.82) is 0 Å². The van der Waals surface area contributed by atoms with Gasteiger partial charge in [0, 0.05) is 18.2 Å². The normalized spacial score (nSPS) is 13.7. The lowest BCUT2D eigenvalue weighted by Crippen LogP contribution is -2.40. The molecule has 118 valence electrons. The zero-order chi connectivity index (χ0) is 16.1. The van der Waals surface area contributed by atoms with Crippen LogP contribution in [0.2, 0.25) is 0 Å². The van der Waals surface area contributed by atoms with E-state index in [0.717, 1.165) is 5.56 Å². The topological polar surface area (TPSA) is 63.2 Å². The van der Waals surface area contributed by atoms with Gasteiger partial charge in [-0.05, 0) is 17.9 Å². The highest BCUT2D eigenvalue weighted by Gasteiger charge is 2.25. The molecule has 0 aromatic heterocycles. The minimum Gasteiger partial charge on any atom is -0.353 e. The molecule has 1 aromatic rings. The van der Waals surface area contributed by atoms with Crippen LogP contribution in [0.15, 0.2) is 30.3 Å². The van der Waals surface area contributed by atoms with Gasteiger partial charge in [-0.2, -0.15) is 0 Å². The van der Waals surface area contributed by atoms with Gasteiger partial charge in [0.25, 0.3) is 0 Å². The second-order valence-electron chi connectivity index (χ2n) is 6.09. The Morgan fingerprint density at radius 3 is 2.33 bits per heavy atom. The third-order valence-electron chi connectivity index (χ3n) is 3.51. The first kappa shape index (κ1) is 17.7. The standard InChI is InChI=1S/C16H25NO3S/c1-5-21(19,20)12-13(2)17-15(18)11-16(3,4)14-9-7-6-8-10-14/h6-10,13H,5,11-12H2,1-4H3,(H,17,18)/t13-/m1/s1. The SMILES string of the molecule is CCS(=O)(=O)C[C@@H](C)NC(=O)CC(C)(C)c1ccccc1. The number of rotatable bonds is 7. The molecule has 0 aliphatic heterocycles. The summed E-state index contributed by atoms with van der Waals surface area (Å²) >= 11 is 0. The molecular formula is C16H25NO3S. The number of amides is 1. The van der Waals surface area contributed by atoms with Gasteiger partial charge in [-0.1, -0.05) is 51.1 Å². The van der Waals surface area contributed by atoms with Crippen molar-refractivity contribution >= 4 is 15.7 Å². The summed E-state index contributed by atoms with van der Waals surface area (Å²) in [6.07, 6.45) is 0.327. The molecule has 0 unspecified atom stereocenters. The number of benzene rings is 1. The maximum absolute atomic E-state index is 12.1. The Labute approximate surface area is 127 Å². The Balaban J connectivity index is 2.61. The minimum atomic E-state index is -3.07. The number of hydrogen-bond acceptors (Lipinski definition) is 3. The molecule has 1 rings (SSSR count). The number of sulfone groups is 1. The highest BCUT2D eigenvalue weighted by molar-refractivity contribution is 7.91. The van der Waals surface area contributed by atoms with E-state index in [9.17, 15) is 13.2 Å². The maximum atomic E-state index is 12.1. The summed E-state index contributed by atoms with van der Waals surface area (Å²) in [7, 11) is -3.07. The van der Waals surface area contributed by atoms with Gasteiger partial charge < -0.3 is 5.32 Å². The Morgan fingerprint density at radius 1 is 1.24 bits per heavy atom. The molecule has 0 spiro atoms. The van der Waals surface area contributed by atoms with Crippen LogP contribution in [0.25, 0.3) is 0 Å². The Kier molecular flexibility index (Phi) is 5.96. The summed E-state index contributed by atoms with van der Waals surface area (Å²) in [5.74, 6) is -0.0355. The van der Waals surface area contributed by atoms with E-state index in [0.29, 0.717) is 6.42 Å². The average Bonchev–Trinajstić information content (AvgIpc) is 2.38. The van der Waals surface area contributed by atoms with Gasteiger partial charge >= 0.3 is 0 Å². The third-order valence-corrected chi connectivity index (χ3v) is 5.40. The van der Waals surface area contributed by atoms with Crippen molar-refractivity contribution in [3.05, 3.63) is 35.9 Å². The predicted octanol–water partition coefficient (Wildman–Crippen LogP) is 2.29. The summed E-state index contributed by atoms with van der Waals surface area (Å²) < 4.78 is 23.1. The van der Waals surface area contributed by atoms with Crippen molar-refractivity contribution in [2.75, 3.05) is 11.5 Å². The molecule has 0 bridgehead atoms. The molecule has 0 saturated heterocycles. The van der Waals surface area contributed by atoms with Crippen molar-refractivity contribution in [3.63, 3.8) is 0 Å². The van der Waals surface area contributed by atoms with Gasteiger partial charge in [0.05, 0.1) is 5.75 Å². The quantitative estimate of drug-likeness (QED) is 0.840. The molecule has 21 heavy (non-hydrogen) atoms. The van der Waals surface area contributed by atoms with E-state index < -0.39 is 9.84 Å². The van der Waals surface area contributed by atoms with E-state index >= 15 is 0 Å². The second kappa shape index (κ2) is 7.07. The van der Waals surface area contributed by atoms with Crippen LogP contribution >= 0.6 is 0 Å². The molecule has 0 heterocycles. The molecular weight excluding hydrogens is 286 g/mol. The first-order valence-corrected chi connectivity index (χ1v) is 9.04. The van der Waals surface area contributed by atoms with E-state index in [4.69, 9.17) is 0 Å². The van der Waals surface area contributed by atoms with Gasteiger partial charge in [-0.3, -0.25) is 4.79 Å². The maximum Gasteiger partial charge on any atom is 0.221 e. The Bertz CT molecular complexity index is 564. The van der Waals surface area contributed by atoms with E-state index in [2.05, 4.69) is 5.32 Å².